The van der Waals surface area contributed by atoms with Gasteiger partial charge >= 0.3 is 0 Å². The maximum absolute atomic E-state index is 13.8. The van der Waals surface area contributed by atoms with E-state index < -0.39 is 11.6 Å². The highest BCUT2D eigenvalue weighted by molar-refractivity contribution is 9.10. The fourth-order valence-electron chi connectivity index (χ4n) is 2.65. The predicted molar refractivity (Wildman–Crippen MR) is 84.9 cm³/mol. The number of rotatable bonds is 3. The fourth-order valence-corrected chi connectivity index (χ4v) is 3.25. The number of halogens is 4. The molecule has 0 spiro atoms. The monoisotopic (exact) mass is 371 g/mol. The Balaban J connectivity index is 1.65. The maximum atomic E-state index is 13.8. The minimum absolute atomic E-state index is 0.0484. The van der Waals surface area contributed by atoms with Crippen molar-refractivity contribution < 1.29 is 8.78 Å². The molecule has 0 atom stereocenters. The van der Waals surface area contributed by atoms with Crippen molar-refractivity contribution in [1.82, 2.24) is 0 Å². The Labute approximate surface area is 135 Å². The molecule has 5 heteroatoms. The van der Waals surface area contributed by atoms with Crippen LogP contribution < -0.4 is 5.32 Å². The zero-order chi connectivity index (χ0) is 15.0. The second-order valence-electron chi connectivity index (χ2n) is 5.31. The second-order valence-corrected chi connectivity index (χ2v) is 6.66. The van der Waals surface area contributed by atoms with Gasteiger partial charge in [-0.15, -0.1) is 0 Å². The van der Waals surface area contributed by atoms with Gasteiger partial charge in [-0.3, -0.25) is 0 Å². The van der Waals surface area contributed by atoms with Crippen LogP contribution >= 0.6 is 27.5 Å². The van der Waals surface area contributed by atoms with E-state index in [2.05, 4.69) is 21.2 Å². The largest absolute Gasteiger partial charge is 0.378 e. The van der Waals surface area contributed by atoms with E-state index in [9.17, 15) is 8.78 Å². The summed E-state index contributed by atoms with van der Waals surface area (Å²) in [6.07, 6.45) is 1.69. The summed E-state index contributed by atoms with van der Waals surface area (Å²) < 4.78 is 27.9. The van der Waals surface area contributed by atoms with Gasteiger partial charge in [0.15, 0.2) is 0 Å². The number of hydrogen-bond donors (Lipinski definition) is 1. The first-order chi connectivity index (χ1) is 10.0. The molecule has 0 bridgehead atoms. The molecule has 1 fully saturated rings. The highest BCUT2D eigenvalue weighted by atomic mass is 79.9. The van der Waals surface area contributed by atoms with Gasteiger partial charge in [-0.1, -0.05) is 39.7 Å². The van der Waals surface area contributed by atoms with E-state index in [1.165, 1.54) is 17.7 Å². The summed E-state index contributed by atoms with van der Waals surface area (Å²) in [6.45, 7) is 0. The maximum Gasteiger partial charge on any atom is 0.150 e. The second kappa shape index (κ2) is 5.93. The quantitative estimate of drug-likeness (QED) is 0.724. The van der Waals surface area contributed by atoms with Crippen LogP contribution in [0.2, 0.25) is 5.02 Å². The summed E-state index contributed by atoms with van der Waals surface area (Å²) >= 11 is 9.04. The molecule has 0 radical (unpaired) electrons. The Morgan fingerprint density at radius 1 is 1.10 bits per heavy atom. The molecule has 3 rings (SSSR count). The number of benzene rings is 2. The Hall–Kier alpha value is -1.13. The fraction of sp³-hybridized carbons (Fsp3) is 0.250. The molecule has 0 heterocycles. The van der Waals surface area contributed by atoms with Gasteiger partial charge in [0.25, 0.3) is 0 Å². The molecule has 0 unspecified atom stereocenters. The van der Waals surface area contributed by atoms with Crippen molar-refractivity contribution in [3.63, 3.8) is 0 Å². The third-order valence-corrected chi connectivity index (χ3v) is 4.51. The Bertz CT molecular complexity index is 648. The average Bonchev–Trinajstić information content (AvgIpc) is 2.35. The first-order valence-electron chi connectivity index (χ1n) is 6.69. The number of nitrogens with one attached hydrogen (secondary N) is 1. The van der Waals surface area contributed by atoms with Crippen molar-refractivity contribution in [2.45, 2.75) is 24.8 Å². The first kappa shape index (κ1) is 14.8. The summed E-state index contributed by atoms with van der Waals surface area (Å²) in [4.78, 5) is 0. The summed E-state index contributed by atoms with van der Waals surface area (Å²) in [7, 11) is 0. The van der Waals surface area contributed by atoms with Crippen LogP contribution in [0.1, 0.15) is 24.3 Å². The van der Waals surface area contributed by atoms with Crippen LogP contribution in [-0.2, 0) is 0 Å². The average molecular weight is 373 g/mol. The summed E-state index contributed by atoms with van der Waals surface area (Å²) in [6, 6.07) is 10.4. The van der Waals surface area contributed by atoms with Gasteiger partial charge in [0.2, 0.25) is 0 Å². The van der Waals surface area contributed by atoms with Gasteiger partial charge in [-0.2, -0.15) is 0 Å². The normalized spacial score (nSPS) is 21.0. The topological polar surface area (TPSA) is 12.0 Å². The molecule has 2 aromatic carbocycles. The molecule has 1 aliphatic rings. The molecule has 1 aliphatic carbocycles. The molecule has 0 aromatic heterocycles. The lowest BCUT2D eigenvalue weighted by molar-refractivity contribution is 0.371. The predicted octanol–water partition coefficient (Wildman–Crippen LogP) is 5.74. The van der Waals surface area contributed by atoms with Crippen molar-refractivity contribution in [2.24, 2.45) is 0 Å². The van der Waals surface area contributed by atoms with Crippen molar-refractivity contribution in [3.8, 4) is 0 Å². The van der Waals surface area contributed by atoms with Gasteiger partial charge in [0.1, 0.15) is 17.3 Å². The van der Waals surface area contributed by atoms with Crippen molar-refractivity contribution in [1.29, 1.82) is 0 Å². The molecule has 2 aromatic rings. The summed E-state index contributed by atoms with van der Waals surface area (Å²) in [5, 5.41) is 3.67. The molecule has 0 aliphatic heterocycles. The van der Waals surface area contributed by atoms with Crippen LogP contribution in [-0.4, -0.2) is 6.04 Å². The van der Waals surface area contributed by atoms with Crippen LogP contribution in [0.15, 0.2) is 40.9 Å². The van der Waals surface area contributed by atoms with Crippen molar-refractivity contribution >= 4 is 33.2 Å². The smallest absolute Gasteiger partial charge is 0.150 e. The van der Waals surface area contributed by atoms with E-state index in [-0.39, 0.29) is 11.7 Å². The third-order valence-electron chi connectivity index (χ3n) is 3.81. The molecule has 110 valence electrons. The van der Waals surface area contributed by atoms with Crippen LogP contribution in [0.5, 0.6) is 0 Å². The van der Waals surface area contributed by atoms with E-state index in [0.29, 0.717) is 15.4 Å². The SMILES string of the molecule is Fc1cc(Br)cc(F)c1NC1CC(c2cccc(Cl)c2)C1. The van der Waals surface area contributed by atoms with Crippen molar-refractivity contribution in [3.05, 3.63) is 63.1 Å². The van der Waals surface area contributed by atoms with Crippen LogP contribution in [0.25, 0.3) is 0 Å². The van der Waals surface area contributed by atoms with E-state index in [1.54, 1.807) is 0 Å². The molecule has 0 amide bonds. The molecule has 1 saturated carbocycles. The van der Waals surface area contributed by atoms with Crippen molar-refractivity contribution in [2.75, 3.05) is 5.32 Å². The number of hydrogen-bond acceptors (Lipinski definition) is 1. The highest BCUT2D eigenvalue weighted by Gasteiger charge is 2.31. The van der Waals surface area contributed by atoms with Crippen LogP contribution in [0.3, 0.4) is 0 Å². The Kier molecular flexibility index (Phi) is 4.18. The van der Waals surface area contributed by atoms with Gasteiger partial charge in [-0.25, -0.2) is 8.78 Å². The van der Waals surface area contributed by atoms with E-state index in [0.717, 1.165) is 12.8 Å². The number of anilines is 1. The van der Waals surface area contributed by atoms with E-state index in [4.69, 9.17) is 11.6 Å². The lowest BCUT2D eigenvalue weighted by Crippen LogP contribution is -2.34. The molecule has 0 saturated heterocycles. The standard InChI is InChI=1S/C16H13BrClF2N/c17-11-7-14(19)16(15(20)8-11)21-13-5-10(6-13)9-2-1-3-12(18)4-9/h1-4,7-8,10,13,21H,5-6H2. The zero-order valence-corrected chi connectivity index (χ0v) is 13.4. The summed E-state index contributed by atoms with van der Waals surface area (Å²) in [5.41, 5.74) is 1.13. The molecular formula is C16H13BrClF2N. The molecular weight excluding hydrogens is 360 g/mol. The molecule has 1 nitrogen and oxygen atoms in total. The van der Waals surface area contributed by atoms with Crippen LogP contribution in [0, 0.1) is 11.6 Å². The van der Waals surface area contributed by atoms with Gasteiger partial charge in [0, 0.05) is 15.5 Å². The zero-order valence-electron chi connectivity index (χ0n) is 11.0. The van der Waals surface area contributed by atoms with Gasteiger partial charge < -0.3 is 5.32 Å². The van der Waals surface area contributed by atoms with E-state index >= 15 is 0 Å². The minimum Gasteiger partial charge on any atom is -0.378 e. The summed E-state index contributed by atoms with van der Waals surface area (Å²) in [5.74, 6) is -0.760. The van der Waals surface area contributed by atoms with Gasteiger partial charge in [0.05, 0.1) is 0 Å². The Morgan fingerprint density at radius 2 is 1.76 bits per heavy atom. The molecule has 21 heavy (non-hydrogen) atoms. The van der Waals surface area contributed by atoms with Gasteiger partial charge in [-0.05, 0) is 48.6 Å². The highest BCUT2D eigenvalue weighted by Crippen LogP contribution is 2.40. The molecule has 1 N–H and O–H groups in total. The first-order valence-corrected chi connectivity index (χ1v) is 7.86. The van der Waals surface area contributed by atoms with Crippen LogP contribution in [0.4, 0.5) is 14.5 Å². The minimum atomic E-state index is -0.576. The van der Waals surface area contributed by atoms with E-state index in [1.807, 2.05) is 24.3 Å². The lowest BCUT2D eigenvalue weighted by atomic mass is 9.76. The third kappa shape index (κ3) is 3.22. The Morgan fingerprint density at radius 3 is 2.38 bits per heavy atom. The lowest BCUT2D eigenvalue weighted by Gasteiger charge is -2.37.